The summed E-state index contributed by atoms with van der Waals surface area (Å²) in [5.41, 5.74) is 0. The van der Waals surface area contributed by atoms with Crippen LogP contribution in [-0.2, 0) is 19.2 Å². The number of Topliss-reactive ketones (excluding diaryl/α,β-unsaturated/α-hetero) is 4. The number of ketones is 4. The van der Waals surface area contributed by atoms with Crippen molar-refractivity contribution in [1.82, 2.24) is 0 Å². The lowest BCUT2D eigenvalue weighted by molar-refractivity contribution is -0.135. The summed E-state index contributed by atoms with van der Waals surface area (Å²) in [5.74, 6) is -1.29. The van der Waals surface area contributed by atoms with Gasteiger partial charge in [-0.05, 0) is 13.3 Å². The predicted octanol–water partition coefficient (Wildman–Crippen LogP) is 0.863. The first-order chi connectivity index (χ1) is 6.43. The van der Waals surface area contributed by atoms with Gasteiger partial charge in [0, 0.05) is 19.8 Å². The first kappa shape index (κ1) is 12.7. The van der Waals surface area contributed by atoms with Crippen LogP contribution in [0.1, 0.15) is 39.5 Å². The van der Waals surface area contributed by atoms with Crippen LogP contribution in [0.4, 0.5) is 0 Å². The second-order valence-corrected chi connectivity index (χ2v) is 3.25. The highest BCUT2D eigenvalue weighted by Crippen LogP contribution is 2.01. The van der Waals surface area contributed by atoms with Gasteiger partial charge in [-0.1, -0.05) is 0 Å². The third-order valence-corrected chi connectivity index (χ3v) is 1.70. The summed E-state index contributed by atoms with van der Waals surface area (Å²) < 4.78 is 0. The van der Waals surface area contributed by atoms with Gasteiger partial charge in [-0.15, -0.1) is 0 Å². The molecular weight excluding hydrogens is 184 g/mol. The van der Waals surface area contributed by atoms with Crippen molar-refractivity contribution in [3.05, 3.63) is 0 Å². The monoisotopic (exact) mass is 198 g/mol. The Kier molecular flexibility index (Phi) is 5.60. The maximum Gasteiger partial charge on any atom is 0.198 e. The van der Waals surface area contributed by atoms with E-state index in [0.717, 1.165) is 0 Å². The van der Waals surface area contributed by atoms with Crippen molar-refractivity contribution in [2.75, 3.05) is 0 Å². The minimum atomic E-state index is -0.482. The minimum absolute atomic E-state index is 0.0751. The molecule has 14 heavy (non-hydrogen) atoms. The molecule has 4 nitrogen and oxygen atoms in total. The molecule has 0 radical (unpaired) electrons. The molecule has 0 N–H and O–H groups in total. The van der Waals surface area contributed by atoms with Gasteiger partial charge >= 0.3 is 0 Å². The number of hydrogen-bond donors (Lipinski definition) is 0. The highest BCUT2D eigenvalue weighted by Gasteiger charge is 2.09. The Morgan fingerprint density at radius 2 is 1.50 bits per heavy atom. The van der Waals surface area contributed by atoms with E-state index < -0.39 is 11.6 Å². The third kappa shape index (κ3) is 6.22. The van der Waals surface area contributed by atoms with Crippen molar-refractivity contribution < 1.29 is 19.2 Å². The average Bonchev–Trinajstić information content (AvgIpc) is 2.02. The Bertz CT molecular complexity index is 265. The first-order valence-corrected chi connectivity index (χ1v) is 4.48. The molecule has 0 aromatic rings. The normalized spacial score (nSPS) is 9.57. The van der Waals surface area contributed by atoms with Crippen LogP contribution in [0, 0.1) is 0 Å². The molecule has 0 aliphatic heterocycles. The molecule has 0 aromatic heterocycles. The van der Waals surface area contributed by atoms with Crippen molar-refractivity contribution in [3.8, 4) is 0 Å². The molecule has 0 unspecified atom stereocenters. The lowest BCUT2D eigenvalue weighted by Crippen LogP contribution is -2.10. The van der Waals surface area contributed by atoms with E-state index in [1.807, 2.05) is 0 Å². The lowest BCUT2D eigenvalue weighted by Gasteiger charge is -1.97. The molecular formula is C10H14O4. The van der Waals surface area contributed by atoms with E-state index in [4.69, 9.17) is 0 Å². The average molecular weight is 198 g/mol. The van der Waals surface area contributed by atoms with Crippen LogP contribution in [0.3, 0.4) is 0 Å². The van der Waals surface area contributed by atoms with Crippen LogP contribution in [0.15, 0.2) is 0 Å². The van der Waals surface area contributed by atoms with E-state index in [1.54, 1.807) is 0 Å². The van der Waals surface area contributed by atoms with Gasteiger partial charge in [0.1, 0.15) is 11.6 Å². The molecule has 0 rings (SSSR count). The zero-order chi connectivity index (χ0) is 11.1. The number of hydrogen-bond acceptors (Lipinski definition) is 4. The first-order valence-electron chi connectivity index (χ1n) is 4.48. The van der Waals surface area contributed by atoms with Crippen molar-refractivity contribution in [3.63, 3.8) is 0 Å². The molecule has 0 spiro atoms. The Balaban J connectivity index is 3.64. The fourth-order valence-electron chi connectivity index (χ4n) is 0.988. The van der Waals surface area contributed by atoms with Gasteiger partial charge in [-0.25, -0.2) is 0 Å². The summed E-state index contributed by atoms with van der Waals surface area (Å²) in [6.07, 6.45) is 0.566. The van der Waals surface area contributed by atoms with Gasteiger partial charge in [0.25, 0.3) is 0 Å². The molecule has 0 aliphatic rings. The zero-order valence-electron chi connectivity index (χ0n) is 8.46. The fourth-order valence-corrected chi connectivity index (χ4v) is 0.988. The number of carbonyl (C=O) groups is 4. The number of rotatable bonds is 7. The van der Waals surface area contributed by atoms with E-state index >= 15 is 0 Å². The van der Waals surface area contributed by atoms with Crippen LogP contribution in [-0.4, -0.2) is 23.1 Å². The molecule has 0 saturated heterocycles. The second-order valence-electron chi connectivity index (χ2n) is 3.25. The number of carbonyl (C=O) groups excluding carboxylic acids is 4. The maximum absolute atomic E-state index is 11.0. The summed E-state index contributed by atoms with van der Waals surface area (Å²) in [7, 11) is 0. The molecule has 0 atom stereocenters. The summed E-state index contributed by atoms with van der Waals surface area (Å²) in [4.78, 5) is 42.8. The summed E-state index contributed by atoms with van der Waals surface area (Å²) in [5, 5.41) is 0. The van der Waals surface area contributed by atoms with Gasteiger partial charge in [0.15, 0.2) is 11.6 Å². The van der Waals surface area contributed by atoms with Crippen LogP contribution in [0.2, 0.25) is 0 Å². The highest BCUT2D eigenvalue weighted by molar-refractivity contribution is 6.36. The molecule has 78 valence electrons. The van der Waals surface area contributed by atoms with E-state index in [-0.39, 0.29) is 30.8 Å². The van der Waals surface area contributed by atoms with Gasteiger partial charge in [0.2, 0.25) is 0 Å². The molecule has 0 bridgehead atoms. The van der Waals surface area contributed by atoms with Crippen LogP contribution >= 0.6 is 0 Å². The Morgan fingerprint density at radius 1 is 0.929 bits per heavy atom. The molecule has 0 saturated carbocycles. The Hall–Kier alpha value is -1.32. The highest BCUT2D eigenvalue weighted by atomic mass is 16.2. The van der Waals surface area contributed by atoms with Gasteiger partial charge in [-0.3, -0.25) is 19.2 Å². The molecule has 4 heteroatoms. The summed E-state index contributed by atoms with van der Waals surface area (Å²) in [6, 6.07) is 0. The Labute approximate surface area is 82.7 Å². The van der Waals surface area contributed by atoms with Crippen molar-refractivity contribution in [2.45, 2.75) is 39.5 Å². The van der Waals surface area contributed by atoms with E-state index in [0.29, 0.717) is 6.42 Å². The van der Waals surface area contributed by atoms with Crippen molar-refractivity contribution in [2.24, 2.45) is 0 Å². The molecule has 0 aliphatic carbocycles. The minimum Gasteiger partial charge on any atom is -0.300 e. The largest absolute Gasteiger partial charge is 0.300 e. The van der Waals surface area contributed by atoms with Crippen LogP contribution in [0.25, 0.3) is 0 Å². The van der Waals surface area contributed by atoms with Crippen molar-refractivity contribution >= 4 is 23.1 Å². The standard InChI is InChI=1S/C10H14O4/c1-7(11)6-9(13)4-3-5-10(14)8(2)12/h3-6H2,1-2H3. The van der Waals surface area contributed by atoms with Gasteiger partial charge in [-0.2, -0.15) is 0 Å². The summed E-state index contributed by atoms with van der Waals surface area (Å²) >= 11 is 0. The second kappa shape index (κ2) is 6.18. The lowest BCUT2D eigenvalue weighted by atomic mass is 10.1. The van der Waals surface area contributed by atoms with Gasteiger partial charge in [0.05, 0.1) is 6.42 Å². The smallest absolute Gasteiger partial charge is 0.198 e. The zero-order valence-corrected chi connectivity index (χ0v) is 8.46. The predicted molar refractivity (Wildman–Crippen MR) is 49.8 cm³/mol. The molecule has 0 fully saturated rings. The van der Waals surface area contributed by atoms with E-state index in [1.165, 1.54) is 13.8 Å². The van der Waals surface area contributed by atoms with E-state index in [9.17, 15) is 19.2 Å². The third-order valence-electron chi connectivity index (χ3n) is 1.70. The quantitative estimate of drug-likeness (QED) is 0.449. The molecule has 0 amide bonds. The van der Waals surface area contributed by atoms with Crippen LogP contribution < -0.4 is 0 Å². The maximum atomic E-state index is 11.0. The topological polar surface area (TPSA) is 68.3 Å². The molecule has 0 heterocycles. The van der Waals surface area contributed by atoms with Crippen molar-refractivity contribution in [1.29, 1.82) is 0 Å². The Morgan fingerprint density at radius 3 is 1.93 bits per heavy atom. The van der Waals surface area contributed by atoms with Gasteiger partial charge < -0.3 is 0 Å². The molecule has 0 aromatic carbocycles. The fraction of sp³-hybridized carbons (Fsp3) is 0.600. The van der Waals surface area contributed by atoms with Crippen LogP contribution in [0.5, 0.6) is 0 Å². The van der Waals surface area contributed by atoms with E-state index in [2.05, 4.69) is 0 Å². The summed E-state index contributed by atoms with van der Waals surface area (Å²) in [6.45, 7) is 2.55. The SMILES string of the molecule is CC(=O)CC(=O)CCCC(=O)C(C)=O.